The van der Waals surface area contributed by atoms with E-state index in [-0.39, 0.29) is 6.10 Å². The molecule has 0 N–H and O–H groups in total. The summed E-state index contributed by atoms with van der Waals surface area (Å²) in [7, 11) is 0. The first-order valence-corrected chi connectivity index (χ1v) is 5.47. The lowest BCUT2D eigenvalue weighted by Gasteiger charge is -2.08. The second-order valence-corrected chi connectivity index (χ2v) is 3.76. The van der Waals surface area contributed by atoms with E-state index in [4.69, 9.17) is 14.7 Å². The van der Waals surface area contributed by atoms with Crippen molar-refractivity contribution in [3.63, 3.8) is 0 Å². The van der Waals surface area contributed by atoms with Gasteiger partial charge in [0, 0.05) is 6.42 Å². The van der Waals surface area contributed by atoms with Crippen LogP contribution >= 0.6 is 0 Å². The molecule has 0 radical (unpaired) electrons. The molecule has 0 amide bonds. The number of nitriles is 1. The maximum Gasteiger partial charge on any atom is 0.119 e. The number of ether oxygens (including phenoxy) is 2. The molecule has 86 valence electrons. The van der Waals surface area contributed by atoms with Gasteiger partial charge in [0.25, 0.3) is 0 Å². The Morgan fingerprint density at radius 2 is 1.88 bits per heavy atom. The summed E-state index contributed by atoms with van der Waals surface area (Å²) in [5, 5.41) is 8.62. The standard InChI is InChI=1S/C13H17NO2/c1-11(2)15-8-3-9-16-13-6-4-12(10-14)5-7-13/h4-7,11H,3,8-9H2,1-2H3. The molecule has 0 unspecified atom stereocenters. The molecule has 0 aliphatic heterocycles. The van der Waals surface area contributed by atoms with Gasteiger partial charge in [-0.15, -0.1) is 0 Å². The van der Waals surface area contributed by atoms with E-state index < -0.39 is 0 Å². The molecule has 1 aromatic rings. The molecule has 1 rings (SSSR count). The quantitative estimate of drug-likeness (QED) is 0.691. The zero-order valence-corrected chi connectivity index (χ0v) is 9.77. The number of benzene rings is 1. The van der Waals surface area contributed by atoms with E-state index in [0.29, 0.717) is 18.8 Å². The molecule has 0 heterocycles. The Labute approximate surface area is 96.6 Å². The summed E-state index contributed by atoms with van der Waals surface area (Å²) in [5.41, 5.74) is 0.649. The van der Waals surface area contributed by atoms with Gasteiger partial charge >= 0.3 is 0 Å². The summed E-state index contributed by atoms with van der Waals surface area (Å²) in [5.74, 6) is 0.795. The number of hydrogen-bond donors (Lipinski definition) is 0. The lowest BCUT2D eigenvalue weighted by molar-refractivity contribution is 0.0694. The van der Waals surface area contributed by atoms with Crippen molar-refractivity contribution >= 4 is 0 Å². The number of nitrogens with zero attached hydrogens (tertiary/aromatic N) is 1. The Hall–Kier alpha value is -1.53. The summed E-state index contributed by atoms with van der Waals surface area (Å²) < 4.78 is 10.9. The fourth-order valence-electron chi connectivity index (χ4n) is 1.19. The molecule has 1 aromatic carbocycles. The van der Waals surface area contributed by atoms with Crippen LogP contribution in [0.4, 0.5) is 0 Å². The Morgan fingerprint density at radius 1 is 1.19 bits per heavy atom. The van der Waals surface area contributed by atoms with Crippen LogP contribution in [0.1, 0.15) is 25.8 Å². The number of hydrogen-bond acceptors (Lipinski definition) is 3. The average molecular weight is 219 g/mol. The molecule has 0 saturated carbocycles. The van der Waals surface area contributed by atoms with Gasteiger partial charge in [0.05, 0.1) is 31.0 Å². The monoisotopic (exact) mass is 219 g/mol. The van der Waals surface area contributed by atoms with Gasteiger partial charge in [-0.05, 0) is 38.1 Å². The molecule has 3 nitrogen and oxygen atoms in total. The van der Waals surface area contributed by atoms with Crippen LogP contribution in [0.3, 0.4) is 0 Å². The fourth-order valence-corrected chi connectivity index (χ4v) is 1.19. The van der Waals surface area contributed by atoms with E-state index in [1.165, 1.54) is 0 Å². The van der Waals surface area contributed by atoms with Crippen LogP contribution < -0.4 is 4.74 Å². The topological polar surface area (TPSA) is 42.2 Å². The minimum atomic E-state index is 0.273. The molecule has 0 spiro atoms. The molecular weight excluding hydrogens is 202 g/mol. The molecule has 0 saturated heterocycles. The molecular formula is C13H17NO2. The van der Waals surface area contributed by atoms with Crippen molar-refractivity contribution < 1.29 is 9.47 Å². The molecule has 0 fully saturated rings. The van der Waals surface area contributed by atoms with Crippen LogP contribution in [0.15, 0.2) is 24.3 Å². The van der Waals surface area contributed by atoms with Gasteiger partial charge in [0.2, 0.25) is 0 Å². The van der Waals surface area contributed by atoms with Crippen molar-refractivity contribution in [2.75, 3.05) is 13.2 Å². The zero-order valence-electron chi connectivity index (χ0n) is 9.77. The van der Waals surface area contributed by atoms with E-state index >= 15 is 0 Å². The molecule has 0 atom stereocenters. The maximum atomic E-state index is 8.62. The van der Waals surface area contributed by atoms with E-state index in [2.05, 4.69) is 6.07 Å². The summed E-state index contributed by atoms with van der Waals surface area (Å²) in [6, 6.07) is 9.18. The van der Waals surface area contributed by atoms with Gasteiger partial charge in [-0.1, -0.05) is 0 Å². The lowest BCUT2D eigenvalue weighted by atomic mass is 10.2. The van der Waals surface area contributed by atoms with E-state index in [1.807, 2.05) is 26.0 Å². The van der Waals surface area contributed by atoms with Gasteiger partial charge in [-0.3, -0.25) is 0 Å². The van der Waals surface area contributed by atoms with Crippen LogP contribution in [0.2, 0.25) is 0 Å². The molecule has 0 aliphatic carbocycles. The smallest absolute Gasteiger partial charge is 0.119 e. The molecule has 0 aromatic heterocycles. The SMILES string of the molecule is CC(C)OCCCOc1ccc(C#N)cc1. The molecule has 3 heteroatoms. The highest BCUT2D eigenvalue weighted by atomic mass is 16.5. The third kappa shape index (κ3) is 4.81. The van der Waals surface area contributed by atoms with Crippen molar-refractivity contribution in [3.8, 4) is 11.8 Å². The average Bonchev–Trinajstić information content (AvgIpc) is 2.29. The maximum absolute atomic E-state index is 8.62. The predicted octanol–water partition coefficient (Wildman–Crippen LogP) is 2.75. The largest absolute Gasteiger partial charge is 0.494 e. The molecule has 0 aliphatic rings. The van der Waals surface area contributed by atoms with E-state index in [0.717, 1.165) is 12.2 Å². The number of rotatable bonds is 6. The van der Waals surface area contributed by atoms with Crippen molar-refractivity contribution in [1.82, 2.24) is 0 Å². The van der Waals surface area contributed by atoms with Gasteiger partial charge in [0.1, 0.15) is 5.75 Å². The van der Waals surface area contributed by atoms with Crippen LogP contribution in [0.5, 0.6) is 5.75 Å². The van der Waals surface area contributed by atoms with Crippen LogP contribution in [0, 0.1) is 11.3 Å². The third-order valence-electron chi connectivity index (χ3n) is 1.99. The zero-order chi connectivity index (χ0) is 11.8. The first-order valence-electron chi connectivity index (χ1n) is 5.47. The van der Waals surface area contributed by atoms with E-state index in [1.54, 1.807) is 12.1 Å². The Kier molecular flexibility index (Phi) is 5.38. The van der Waals surface area contributed by atoms with E-state index in [9.17, 15) is 0 Å². The first-order chi connectivity index (χ1) is 7.72. The summed E-state index contributed by atoms with van der Waals surface area (Å²) in [4.78, 5) is 0. The van der Waals surface area contributed by atoms with Crippen molar-refractivity contribution in [1.29, 1.82) is 5.26 Å². The minimum absolute atomic E-state index is 0.273. The van der Waals surface area contributed by atoms with Crippen molar-refractivity contribution in [2.24, 2.45) is 0 Å². The fraction of sp³-hybridized carbons (Fsp3) is 0.462. The molecule has 16 heavy (non-hydrogen) atoms. The predicted molar refractivity (Wildman–Crippen MR) is 62.4 cm³/mol. The normalized spacial score (nSPS) is 10.1. The van der Waals surface area contributed by atoms with Crippen LogP contribution in [-0.2, 0) is 4.74 Å². The minimum Gasteiger partial charge on any atom is -0.494 e. The van der Waals surface area contributed by atoms with Gasteiger partial charge in [-0.25, -0.2) is 0 Å². The van der Waals surface area contributed by atoms with Gasteiger partial charge in [0.15, 0.2) is 0 Å². The summed E-state index contributed by atoms with van der Waals surface area (Å²) in [6.07, 6.45) is 1.15. The highest BCUT2D eigenvalue weighted by Crippen LogP contribution is 2.11. The van der Waals surface area contributed by atoms with Crippen molar-refractivity contribution in [3.05, 3.63) is 29.8 Å². The van der Waals surface area contributed by atoms with Crippen LogP contribution in [-0.4, -0.2) is 19.3 Å². The Bertz CT molecular complexity index is 338. The second kappa shape index (κ2) is 6.86. The summed E-state index contributed by atoms with van der Waals surface area (Å²) >= 11 is 0. The van der Waals surface area contributed by atoms with Gasteiger partial charge < -0.3 is 9.47 Å². The first kappa shape index (κ1) is 12.5. The van der Waals surface area contributed by atoms with Crippen LogP contribution in [0.25, 0.3) is 0 Å². The molecule has 0 bridgehead atoms. The highest BCUT2D eigenvalue weighted by Gasteiger charge is 1.96. The van der Waals surface area contributed by atoms with Crippen molar-refractivity contribution in [2.45, 2.75) is 26.4 Å². The lowest BCUT2D eigenvalue weighted by Crippen LogP contribution is -2.07. The highest BCUT2D eigenvalue weighted by molar-refractivity contribution is 5.34. The Balaban J connectivity index is 2.20. The summed E-state index contributed by atoms with van der Waals surface area (Å²) in [6.45, 7) is 5.38. The third-order valence-corrected chi connectivity index (χ3v) is 1.99. The Morgan fingerprint density at radius 3 is 2.44 bits per heavy atom. The second-order valence-electron chi connectivity index (χ2n) is 3.76. The van der Waals surface area contributed by atoms with Gasteiger partial charge in [-0.2, -0.15) is 5.26 Å².